The maximum Gasteiger partial charge on any atom is 0.190 e. The summed E-state index contributed by atoms with van der Waals surface area (Å²) in [6.45, 7) is 8.74. The average molecular weight is 435 g/mol. The van der Waals surface area contributed by atoms with E-state index in [2.05, 4.69) is 0 Å². The van der Waals surface area contributed by atoms with E-state index in [-0.39, 0.29) is 35.9 Å². The standard InChI is InChI=1S/C25H35FO5/c1-14(2)31-25(21(30)13-27)15(3)10-19-18-7-6-16-11-17(28)8-9-22(16,4)24(18,26)20(29)12-23(19,25)5/h8-9,11,14-15,18-20,27,29H,6-7,10,12-13H2,1-5H3/t15-,18+,19+,20+,22+,23+,24+,25+/m1/s1. The minimum absolute atomic E-state index is 0.0676. The molecule has 5 nitrogen and oxygen atoms in total. The summed E-state index contributed by atoms with van der Waals surface area (Å²) in [4.78, 5) is 25.2. The Labute approximate surface area is 183 Å². The van der Waals surface area contributed by atoms with Crippen molar-refractivity contribution in [2.45, 2.75) is 83.8 Å². The first kappa shape index (κ1) is 22.8. The summed E-state index contributed by atoms with van der Waals surface area (Å²) < 4.78 is 23.5. The van der Waals surface area contributed by atoms with Crippen molar-refractivity contribution in [3.8, 4) is 0 Å². The first-order chi connectivity index (χ1) is 14.4. The highest BCUT2D eigenvalue weighted by Gasteiger charge is 2.76. The van der Waals surface area contributed by atoms with Crippen LogP contribution in [0.15, 0.2) is 23.8 Å². The van der Waals surface area contributed by atoms with E-state index in [0.29, 0.717) is 19.3 Å². The molecule has 0 unspecified atom stereocenters. The van der Waals surface area contributed by atoms with Gasteiger partial charge in [0.15, 0.2) is 17.2 Å². The number of rotatable bonds is 4. The molecule has 2 N–H and O–H groups in total. The Balaban J connectivity index is 1.85. The molecule has 0 amide bonds. The molecule has 0 aliphatic heterocycles. The van der Waals surface area contributed by atoms with E-state index >= 15 is 4.39 Å². The third kappa shape index (κ3) is 2.64. The van der Waals surface area contributed by atoms with E-state index < -0.39 is 40.7 Å². The molecule has 0 radical (unpaired) electrons. The Morgan fingerprint density at radius 3 is 2.61 bits per heavy atom. The number of fused-ring (bicyclic) bond motifs is 5. The number of Topliss-reactive ketones (excluding diaryl/α,β-unsaturated/α-hetero) is 1. The fourth-order valence-electron chi connectivity index (χ4n) is 7.93. The Hall–Kier alpha value is -1.37. The third-order valence-electron chi connectivity index (χ3n) is 9.16. The van der Waals surface area contributed by atoms with Gasteiger partial charge in [0.05, 0.1) is 12.2 Å². The van der Waals surface area contributed by atoms with Gasteiger partial charge < -0.3 is 14.9 Å². The summed E-state index contributed by atoms with van der Waals surface area (Å²) >= 11 is 0. The largest absolute Gasteiger partial charge is 0.390 e. The predicted octanol–water partition coefficient (Wildman–Crippen LogP) is 3.33. The van der Waals surface area contributed by atoms with E-state index in [0.717, 1.165) is 5.57 Å². The van der Waals surface area contributed by atoms with Crippen LogP contribution in [0.1, 0.15) is 60.3 Å². The normalized spacial score (nSPS) is 48.8. The van der Waals surface area contributed by atoms with Gasteiger partial charge in [-0.15, -0.1) is 0 Å². The lowest BCUT2D eigenvalue weighted by molar-refractivity contribution is -0.235. The summed E-state index contributed by atoms with van der Waals surface area (Å²) in [5.74, 6) is -1.41. The maximum atomic E-state index is 17.2. The van der Waals surface area contributed by atoms with Crippen LogP contribution in [0.5, 0.6) is 0 Å². The van der Waals surface area contributed by atoms with Gasteiger partial charge in [-0.3, -0.25) is 9.59 Å². The van der Waals surface area contributed by atoms with E-state index in [4.69, 9.17) is 4.74 Å². The molecule has 0 spiro atoms. The van der Waals surface area contributed by atoms with Crippen molar-refractivity contribution in [1.29, 1.82) is 0 Å². The van der Waals surface area contributed by atoms with E-state index in [1.165, 1.54) is 12.2 Å². The number of ketones is 2. The minimum atomic E-state index is -1.94. The van der Waals surface area contributed by atoms with Gasteiger partial charge in [-0.25, -0.2) is 4.39 Å². The zero-order valence-corrected chi connectivity index (χ0v) is 19.2. The van der Waals surface area contributed by atoms with E-state index in [9.17, 15) is 19.8 Å². The first-order valence-electron chi connectivity index (χ1n) is 11.5. The number of hydrogen-bond donors (Lipinski definition) is 2. The van der Waals surface area contributed by atoms with Gasteiger partial charge in [0.2, 0.25) is 0 Å². The smallest absolute Gasteiger partial charge is 0.190 e. The number of carbonyl (C=O) groups excluding carboxylic acids is 2. The second kappa shape index (κ2) is 7.06. The molecule has 172 valence electrons. The topological polar surface area (TPSA) is 83.8 Å². The van der Waals surface area contributed by atoms with Crippen LogP contribution in [0.4, 0.5) is 4.39 Å². The molecule has 0 aromatic heterocycles. The van der Waals surface area contributed by atoms with E-state index in [1.54, 1.807) is 13.0 Å². The average Bonchev–Trinajstić information content (AvgIpc) is 2.90. The molecule has 31 heavy (non-hydrogen) atoms. The molecule has 0 heterocycles. The Morgan fingerprint density at radius 2 is 2.00 bits per heavy atom. The first-order valence-corrected chi connectivity index (χ1v) is 11.5. The Morgan fingerprint density at radius 1 is 1.32 bits per heavy atom. The highest BCUT2D eigenvalue weighted by atomic mass is 19.1. The number of ether oxygens (including phenoxy) is 1. The summed E-state index contributed by atoms with van der Waals surface area (Å²) in [6.07, 6.45) is 4.75. The predicted molar refractivity (Wildman–Crippen MR) is 114 cm³/mol. The molecule has 4 aliphatic rings. The number of carbonyl (C=O) groups is 2. The van der Waals surface area contributed by atoms with Crippen molar-refractivity contribution in [2.24, 2.45) is 28.6 Å². The number of aliphatic hydroxyl groups excluding tert-OH is 2. The van der Waals surface area contributed by atoms with Crippen LogP contribution in [-0.4, -0.2) is 51.9 Å². The molecule has 0 bridgehead atoms. The lowest BCUT2D eigenvalue weighted by Crippen LogP contribution is -2.70. The van der Waals surface area contributed by atoms with Gasteiger partial charge in [0.25, 0.3) is 0 Å². The molecular formula is C25H35FO5. The lowest BCUT2D eigenvalue weighted by Gasteiger charge is -2.63. The van der Waals surface area contributed by atoms with Crippen molar-refractivity contribution < 1.29 is 28.9 Å². The van der Waals surface area contributed by atoms with Crippen LogP contribution in [0.25, 0.3) is 0 Å². The summed E-state index contributed by atoms with van der Waals surface area (Å²) in [7, 11) is 0. The van der Waals surface area contributed by atoms with Crippen molar-refractivity contribution in [3.05, 3.63) is 23.8 Å². The summed E-state index contributed by atoms with van der Waals surface area (Å²) in [6, 6.07) is 0. The number of aliphatic hydroxyl groups is 2. The molecule has 4 aliphatic carbocycles. The van der Waals surface area contributed by atoms with Gasteiger partial charge >= 0.3 is 0 Å². The Bertz CT molecular complexity index is 864. The van der Waals surface area contributed by atoms with Gasteiger partial charge in [-0.2, -0.15) is 0 Å². The van der Waals surface area contributed by atoms with Crippen LogP contribution < -0.4 is 0 Å². The highest BCUT2D eigenvalue weighted by molar-refractivity contribution is 6.01. The van der Waals surface area contributed by atoms with Gasteiger partial charge in [0.1, 0.15) is 12.2 Å². The Kier molecular flexibility index (Phi) is 5.20. The monoisotopic (exact) mass is 434 g/mol. The second-order valence-corrected chi connectivity index (χ2v) is 10.9. The van der Waals surface area contributed by atoms with Crippen LogP contribution >= 0.6 is 0 Å². The molecule has 6 heteroatoms. The van der Waals surface area contributed by atoms with Crippen molar-refractivity contribution >= 4 is 11.6 Å². The number of halogens is 1. The van der Waals surface area contributed by atoms with Crippen molar-refractivity contribution in [1.82, 2.24) is 0 Å². The third-order valence-corrected chi connectivity index (χ3v) is 9.16. The number of hydrogen-bond acceptors (Lipinski definition) is 5. The minimum Gasteiger partial charge on any atom is -0.390 e. The quantitative estimate of drug-likeness (QED) is 0.709. The fraction of sp³-hybridized carbons (Fsp3) is 0.760. The number of allylic oxidation sites excluding steroid dienone is 4. The molecular weight excluding hydrogens is 399 g/mol. The molecule has 0 aromatic carbocycles. The van der Waals surface area contributed by atoms with Crippen LogP contribution in [0, 0.1) is 28.6 Å². The lowest BCUT2D eigenvalue weighted by atomic mass is 9.44. The maximum absolute atomic E-state index is 17.2. The van der Waals surface area contributed by atoms with Gasteiger partial charge in [0, 0.05) is 16.7 Å². The van der Waals surface area contributed by atoms with Crippen LogP contribution in [-0.2, 0) is 14.3 Å². The number of alkyl halides is 1. The van der Waals surface area contributed by atoms with Crippen LogP contribution in [0.3, 0.4) is 0 Å². The van der Waals surface area contributed by atoms with E-state index in [1.807, 2.05) is 27.7 Å². The van der Waals surface area contributed by atoms with Crippen molar-refractivity contribution in [3.63, 3.8) is 0 Å². The molecule has 8 atom stereocenters. The molecule has 3 saturated carbocycles. The second-order valence-electron chi connectivity index (χ2n) is 10.9. The molecule has 3 fully saturated rings. The molecule has 4 rings (SSSR count). The summed E-state index contributed by atoms with van der Waals surface area (Å²) in [5, 5.41) is 21.3. The summed E-state index contributed by atoms with van der Waals surface area (Å²) in [5.41, 5.74) is -4.32. The van der Waals surface area contributed by atoms with Crippen LogP contribution in [0.2, 0.25) is 0 Å². The molecule has 0 aromatic rings. The zero-order valence-electron chi connectivity index (χ0n) is 19.2. The fourth-order valence-corrected chi connectivity index (χ4v) is 7.93. The highest BCUT2D eigenvalue weighted by Crippen LogP contribution is 2.71. The van der Waals surface area contributed by atoms with Gasteiger partial charge in [-0.05, 0) is 70.4 Å². The van der Waals surface area contributed by atoms with Crippen molar-refractivity contribution in [2.75, 3.05) is 6.61 Å². The van der Waals surface area contributed by atoms with Gasteiger partial charge in [-0.1, -0.05) is 25.5 Å². The SMILES string of the molecule is CC(C)O[C@]1(C(=O)CO)[C@H](C)C[C@H]2[C@@H]3CCC4=CC(=O)C=C[C@]4(C)[C@@]3(F)[C@@H](O)C[C@@]21C. The zero-order chi connectivity index (χ0) is 23.0. The molecule has 0 saturated heterocycles.